The van der Waals surface area contributed by atoms with Crippen LogP contribution in [0.25, 0.3) is 0 Å². The fourth-order valence-electron chi connectivity index (χ4n) is 2.88. The van der Waals surface area contributed by atoms with Gasteiger partial charge in [0.15, 0.2) is 0 Å². The summed E-state index contributed by atoms with van der Waals surface area (Å²) in [6, 6.07) is 17.0. The zero-order chi connectivity index (χ0) is 22.4. The first-order valence-corrected chi connectivity index (χ1v) is 9.62. The Balaban J connectivity index is 1.93. The van der Waals surface area contributed by atoms with Gasteiger partial charge in [-0.1, -0.05) is 42.7 Å². The number of nitrogens with zero attached hydrogens (tertiary/aromatic N) is 1. The van der Waals surface area contributed by atoms with E-state index in [1.807, 2.05) is 31.2 Å². The summed E-state index contributed by atoms with van der Waals surface area (Å²) in [5, 5.41) is 20.5. The van der Waals surface area contributed by atoms with Crippen LogP contribution >= 0.6 is 0 Å². The van der Waals surface area contributed by atoms with Crippen LogP contribution in [0.15, 0.2) is 60.7 Å². The number of nitro groups is 1. The van der Waals surface area contributed by atoms with Gasteiger partial charge >= 0.3 is 5.97 Å². The van der Waals surface area contributed by atoms with Gasteiger partial charge in [0, 0.05) is 22.8 Å². The van der Waals surface area contributed by atoms with Crippen molar-refractivity contribution in [3.05, 3.63) is 110 Å². The zero-order valence-corrected chi connectivity index (χ0v) is 17.1. The summed E-state index contributed by atoms with van der Waals surface area (Å²) in [5.74, 6) is 10.7. The lowest BCUT2D eigenvalue weighted by molar-refractivity contribution is -0.385. The molecule has 5 heteroatoms. The lowest BCUT2D eigenvalue weighted by atomic mass is 10.0. The second-order valence-electron chi connectivity index (χ2n) is 6.87. The predicted octanol–water partition coefficient (Wildman–Crippen LogP) is 4.96. The predicted molar refractivity (Wildman–Crippen MR) is 119 cm³/mol. The number of rotatable bonds is 3. The minimum Gasteiger partial charge on any atom is -0.478 e. The van der Waals surface area contributed by atoms with E-state index in [-0.39, 0.29) is 16.8 Å². The van der Waals surface area contributed by atoms with Gasteiger partial charge in [-0.15, -0.1) is 0 Å². The monoisotopic (exact) mass is 409 g/mol. The van der Waals surface area contributed by atoms with Gasteiger partial charge in [0.05, 0.1) is 10.5 Å². The molecule has 0 radical (unpaired) electrons. The molecule has 0 bridgehead atoms. The quantitative estimate of drug-likeness (QED) is 0.376. The molecule has 0 aliphatic rings. The molecule has 3 aromatic carbocycles. The fraction of sp³-hybridized carbons (Fsp3) is 0.115. The van der Waals surface area contributed by atoms with Crippen molar-refractivity contribution in [2.24, 2.45) is 0 Å². The molecule has 0 heterocycles. The topological polar surface area (TPSA) is 80.4 Å². The molecule has 3 rings (SSSR count). The molecule has 152 valence electrons. The molecule has 0 saturated heterocycles. The first-order chi connectivity index (χ1) is 14.9. The highest BCUT2D eigenvalue weighted by atomic mass is 16.6. The second-order valence-corrected chi connectivity index (χ2v) is 6.87. The highest BCUT2D eigenvalue weighted by Crippen LogP contribution is 2.23. The Kier molecular flexibility index (Phi) is 6.50. The number of aryl methyl sites for hydroxylation is 2. The number of nitro benzene ring substituents is 1. The molecule has 0 spiro atoms. The van der Waals surface area contributed by atoms with Crippen molar-refractivity contribution >= 4 is 11.7 Å². The standard InChI is InChI=1S/C26H19NO4/c1-3-19-4-6-20(7-5-19)10-14-23-17-25(27(30)31)24(16-18(23)2)15-11-21-8-12-22(13-9-21)26(28)29/h4-9,12-13,16-17H,3H2,1-2H3,(H,28,29). The number of hydrogen-bond donors (Lipinski definition) is 1. The van der Waals surface area contributed by atoms with Crippen LogP contribution in [-0.2, 0) is 6.42 Å². The van der Waals surface area contributed by atoms with Crippen LogP contribution in [0.5, 0.6) is 0 Å². The van der Waals surface area contributed by atoms with Crippen LogP contribution < -0.4 is 0 Å². The van der Waals surface area contributed by atoms with Gasteiger partial charge in [-0.25, -0.2) is 4.79 Å². The van der Waals surface area contributed by atoms with E-state index in [1.165, 1.54) is 23.8 Å². The number of hydrogen-bond acceptors (Lipinski definition) is 3. The zero-order valence-electron chi connectivity index (χ0n) is 17.1. The van der Waals surface area contributed by atoms with E-state index >= 15 is 0 Å². The molecule has 0 saturated carbocycles. The Morgan fingerprint density at radius 3 is 1.97 bits per heavy atom. The third kappa shape index (κ3) is 5.38. The molecule has 0 aliphatic heterocycles. The maximum Gasteiger partial charge on any atom is 0.335 e. The Labute approximate surface area is 180 Å². The number of carbonyl (C=O) groups is 1. The first-order valence-electron chi connectivity index (χ1n) is 9.62. The first kappa shape index (κ1) is 21.4. The fourth-order valence-corrected chi connectivity index (χ4v) is 2.88. The Morgan fingerprint density at radius 2 is 1.45 bits per heavy atom. The maximum atomic E-state index is 11.6. The average molecular weight is 409 g/mol. The molecule has 0 aromatic heterocycles. The molecule has 0 unspecified atom stereocenters. The average Bonchev–Trinajstić information content (AvgIpc) is 2.77. The van der Waals surface area contributed by atoms with Crippen LogP contribution in [0.4, 0.5) is 5.69 Å². The van der Waals surface area contributed by atoms with Crippen molar-refractivity contribution in [2.45, 2.75) is 20.3 Å². The second kappa shape index (κ2) is 9.43. The summed E-state index contributed by atoms with van der Waals surface area (Å²) in [5.41, 5.74) is 4.30. The van der Waals surface area contributed by atoms with Gasteiger partial charge < -0.3 is 5.11 Å². The lowest BCUT2D eigenvalue weighted by Gasteiger charge is -2.02. The number of benzene rings is 3. The van der Waals surface area contributed by atoms with Gasteiger partial charge in [-0.05, 0) is 66.9 Å². The van der Waals surface area contributed by atoms with E-state index in [4.69, 9.17) is 5.11 Å². The van der Waals surface area contributed by atoms with Crippen molar-refractivity contribution in [1.82, 2.24) is 0 Å². The van der Waals surface area contributed by atoms with Crippen LogP contribution in [0.3, 0.4) is 0 Å². The Hall–Kier alpha value is -4.35. The smallest absolute Gasteiger partial charge is 0.335 e. The SMILES string of the molecule is CCc1ccc(C#Cc2cc([N+](=O)[O-])c(C#Cc3ccc(C(=O)O)cc3)cc2C)cc1. The molecule has 0 amide bonds. The molecule has 31 heavy (non-hydrogen) atoms. The highest BCUT2D eigenvalue weighted by molar-refractivity contribution is 5.87. The van der Waals surface area contributed by atoms with E-state index < -0.39 is 10.9 Å². The molecule has 1 N–H and O–H groups in total. The molecule has 3 aromatic rings. The number of carboxylic acid groups (broad SMARTS) is 1. The number of aromatic carboxylic acids is 1. The molecule has 0 fully saturated rings. The van der Waals surface area contributed by atoms with E-state index in [2.05, 4.69) is 30.6 Å². The molecular formula is C26H19NO4. The third-order valence-corrected chi connectivity index (χ3v) is 4.72. The van der Waals surface area contributed by atoms with E-state index in [9.17, 15) is 14.9 Å². The van der Waals surface area contributed by atoms with Gasteiger partial charge in [-0.3, -0.25) is 10.1 Å². The lowest BCUT2D eigenvalue weighted by Crippen LogP contribution is -1.96. The third-order valence-electron chi connectivity index (χ3n) is 4.72. The van der Waals surface area contributed by atoms with Crippen LogP contribution in [-0.4, -0.2) is 16.0 Å². The van der Waals surface area contributed by atoms with Gasteiger partial charge in [0.1, 0.15) is 5.56 Å². The summed E-state index contributed by atoms with van der Waals surface area (Å²) in [6.45, 7) is 3.92. The normalized spacial score (nSPS) is 9.74. The summed E-state index contributed by atoms with van der Waals surface area (Å²) < 4.78 is 0. The van der Waals surface area contributed by atoms with Crippen LogP contribution in [0.2, 0.25) is 0 Å². The minimum absolute atomic E-state index is 0.120. The van der Waals surface area contributed by atoms with Gasteiger partial charge in [-0.2, -0.15) is 0 Å². The van der Waals surface area contributed by atoms with Crippen molar-refractivity contribution in [1.29, 1.82) is 0 Å². The van der Waals surface area contributed by atoms with E-state index in [0.717, 1.165) is 17.5 Å². The van der Waals surface area contributed by atoms with Crippen molar-refractivity contribution in [3.63, 3.8) is 0 Å². The summed E-state index contributed by atoms with van der Waals surface area (Å²) in [6.07, 6.45) is 0.950. The van der Waals surface area contributed by atoms with Crippen LogP contribution in [0, 0.1) is 40.7 Å². The summed E-state index contributed by atoms with van der Waals surface area (Å²) >= 11 is 0. The molecular weight excluding hydrogens is 390 g/mol. The van der Waals surface area contributed by atoms with Crippen molar-refractivity contribution in [3.8, 4) is 23.7 Å². The largest absolute Gasteiger partial charge is 0.478 e. The number of carboxylic acids is 1. The van der Waals surface area contributed by atoms with Crippen molar-refractivity contribution < 1.29 is 14.8 Å². The highest BCUT2D eigenvalue weighted by Gasteiger charge is 2.15. The summed E-state index contributed by atoms with van der Waals surface area (Å²) in [7, 11) is 0. The minimum atomic E-state index is -1.02. The van der Waals surface area contributed by atoms with Crippen molar-refractivity contribution in [2.75, 3.05) is 0 Å². The van der Waals surface area contributed by atoms with Gasteiger partial charge in [0.25, 0.3) is 5.69 Å². The molecule has 5 nitrogen and oxygen atoms in total. The Bertz CT molecular complexity index is 1270. The maximum absolute atomic E-state index is 11.6. The molecule has 0 aliphatic carbocycles. The summed E-state index contributed by atoms with van der Waals surface area (Å²) in [4.78, 5) is 22.0. The van der Waals surface area contributed by atoms with E-state index in [0.29, 0.717) is 11.1 Å². The molecule has 0 atom stereocenters. The van der Waals surface area contributed by atoms with Gasteiger partial charge in [0.2, 0.25) is 0 Å². The Morgan fingerprint density at radius 1 is 0.903 bits per heavy atom. The van der Waals surface area contributed by atoms with Crippen LogP contribution in [0.1, 0.15) is 50.7 Å². The van der Waals surface area contributed by atoms with E-state index in [1.54, 1.807) is 18.2 Å².